The maximum atomic E-state index is 5.12. The number of hydrogen-bond acceptors (Lipinski definition) is 3. The number of methoxy groups -OCH3 is 1. The predicted octanol–water partition coefficient (Wildman–Crippen LogP) is 3.75. The minimum atomic E-state index is 0. The number of guanidine groups is 1. The average Bonchev–Trinajstić information content (AvgIpc) is 2.66. The number of hydrogen-bond donors (Lipinski definition) is 2. The van der Waals surface area contributed by atoms with Crippen LogP contribution in [0.15, 0.2) is 59.6 Å². The predicted molar refractivity (Wildman–Crippen MR) is 125 cm³/mol. The Labute approximate surface area is 180 Å². The van der Waals surface area contributed by atoms with E-state index in [1.54, 1.807) is 7.11 Å². The van der Waals surface area contributed by atoms with Gasteiger partial charge in [-0.15, -0.1) is 24.0 Å². The zero-order chi connectivity index (χ0) is 18.6. The number of para-hydroxylation sites is 1. The Morgan fingerprint density at radius 3 is 2.41 bits per heavy atom. The normalized spacial score (nSPS) is 11.2. The molecule has 2 rings (SSSR count). The van der Waals surface area contributed by atoms with Crippen molar-refractivity contribution in [1.82, 2.24) is 10.2 Å². The van der Waals surface area contributed by atoms with Crippen molar-refractivity contribution in [3.63, 3.8) is 0 Å². The first kappa shape index (κ1) is 23.4. The first-order valence-corrected chi connectivity index (χ1v) is 9.01. The van der Waals surface area contributed by atoms with Gasteiger partial charge in [-0.05, 0) is 31.7 Å². The number of rotatable bonds is 9. The highest BCUT2D eigenvalue weighted by Crippen LogP contribution is 2.07. The van der Waals surface area contributed by atoms with Crippen LogP contribution in [-0.4, -0.2) is 51.3 Å². The smallest absolute Gasteiger partial charge is 0.196 e. The molecule has 0 radical (unpaired) electrons. The molecule has 0 aliphatic heterocycles. The van der Waals surface area contributed by atoms with E-state index in [9.17, 15) is 0 Å². The van der Waals surface area contributed by atoms with E-state index < -0.39 is 0 Å². The summed E-state index contributed by atoms with van der Waals surface area (Å²) in [5.41, 5.74) is 3.48. The molecule has 2 N–H and O–H groups in total. The van der Waals surface area contributed by atoms with Crippen LogP contribution >= 0.6 is 24.0 Å². The van der Waals surface area contributed by atoms with Gasteiger partial charge in [0.1, 0.15) is 0 Å². The van der Waals surface area contributed by atoms with Gasteiger partial charge in [-0.3, -0.25) is 0 Å². The zero-order valence-corrected chi connectivity index (χ0v) is 18.8. The molecule has 0 saturated carbocycles. The Balaban J connectivity index is 0.00000364. The maximum absolute atomic E-state index is 5.12. The molecule has 0 aliphatic rings. The second-order valence-electron chi connectivity index (χ2n) is 6.36. The van der Waals surface area contributed by atoms with E-state index >= 15 is 0 Å². The van der Waals surface area contributed by atoms with E-state index in [0.29, 0.717) is 6.54 Å². The Bertz CT molecular complexity index is 662. The summed E-state index contributed by atoms with van der Waals surface area (Å²) in [5.74, 6) is 0.789. The molecular formula is C21H31IN4O. The molecule has 0 spiro atoms. The molecule has 0 atom stereocenters. The molecule has 0 bridgehead atoms. The molecule has 0 unspecified atom stereocenters. The van der Waals surface area contributed by atoms with Crippen molar-refractivity contribution >= 4 is 35.6 Å². The van der Waals surface area contributed by atoms with Crippen molar-refractivity contribution < 1.29 is 4.74 Å². The van der Waals surface area contributed by atoms with Crippen LogP contribution in [0.25, 0.3) is 0 Å². The van der Waals surface area contributed by atoms with E-state index in [0.717, 1.165) is 37.9 Å². The van der Waals surface area contributed by atoms with Gasteiger partial charge in [-0.25, -0.2) is 4.99 Å². The van der Waals surface area contributed by atoms with Gasteiger partial charge < -0.3 is 20.3 Å². The molecule has 0 aliphatic carbocycles. The fraction of sp³-hybridized carbons (Fsp3) is 0.381. The summed E-state index contributed by atoms with van der Waals surface area (Å²) < 4.78 is 5.12. The van der Waals surface area contributed by atoms with Gasteiger partial charge >= 0.3 is 0 Å². The van der Waals surface area contributed by atoms with Gasteiger partial charge in [0.05, 0.1) is 13.2 Å². The maximum Gasteiger partial charge on any atom is 0.196 e. The molecule has 2 aromatic rings. The number of likely N-dealkylation sites (N-methyl/N-ethyl adjacent to an activating group) is 1. The van der Waals surface area contributed by atoms with Gasteiger partial charge in [-0.2, -0.15) is 0 Å². The number of halogens is 1. The highest BCUT2D eigenvalue weighted by Gasteiger charge is 2.02. The van der Waals surface area contributed by atoms with E-state index in [4.69, 9.17) is 9.73 Å². The first-order chi connectivity index (χ1) is 12.7. The van der Waals surface area contributed by atoms with Crippen LogP contribution in [0.2, 0.25) is 0 Å². The highest BCUT2D eigenvalue weighted by atomic mass is 127. The molecule has 0 heterocycles. The van der Waals surface area contributed by atoms with Gasteiger partial charge in [0.2, 0.25) is 0 Å². The van der Waals surface area contributed by atoms with E-state index in [-0.39, 0.29) is 24.0 Å². The third-order valence-corrected chi connectivity index (χ3v) is 4.04. The summed E-state index contributed by atoms with van der Waals surface area (Å²) in [5, 5.41) is 6.79. The van der Waals surface area contributed by atoms with Crippen LogP contribution in [-0.2, 0) is 11.3 Å². The molecule has 27 heavy (non-hydrogen) atoms. The fourth-order valence-electron chi connectivity index (χ4n) is 2.39. The Morgan fingerprint density at radius 1 is 1.04 bits per heavy atom. The number of aryl methyl sites for hydroxylation is 1. The Morgan fingerprint density at radius 2 is 1.74 bits per heavy atom. The lowest BCUT2D eigenvalue weighted by Crippen LogP contribution is -2.37. The summed E-state index contributed by atoms with van der Waals surface area (Å²) in [4.78, 5) is 6.96. The van der Waals surface area contributed by atoms with E-state index in [1.165, 1.54) is 11.1 Å². The number of benzene rings is 2. The molecule has 6 heteroatoms. The van der Waals surface area contributed by atoms with Crippen molar-refractivity contribution in [2.45, 2.75) is 13.5 Å². The van der Waals surface area contributed by atoms with Crippen LogP contribution in [0.5, 0.6) is 0 Å². The van der Waals surface area contributed by atoms with Crippen molar-refractivity contribution in [1.29, 1.82) is 0 Å². The lowest BCUT2D eigenvalue weighted by molar-refractivity contribution is 0.162. The van der Waals surface area contributed by atoms with Crippen LogP contribution in [0.3, 0.4) is 0 Å². The standard InChI is InChI=1S/C21H30N4O.HI/c1-18-9-11-19(12-10-18)17-23-21(24-20-7-5-4-6-8-20)22-13-14-25(2)15-16-26-3;/h4-12H,13-17H2,1-3H3,(H2,22,23,24);1H. The number of anilines is 1. The summed E-state index contributed by atoms with van der Waals surface area (Å²) in [7, 11) is 3.82. The third kappa shape index (κ3) is 9.74. The monoisotopic (exact) mass is 482 g/mol. The topological polar surface area (TPSA) is 48.9 Å². The number of aliphatic imine (C=N–C) groups is 1. The van der Waals surface area contributed by atoms with Crippen LogP contribution in [0.1, 0.15) is 11.1 Å². The van der Waals surface area contributed by atoms with E-state index in [1.807, 2.05) is 30.3 Å². The summed E-state index contributed by atoms with van der Waals surface area (Å²) >= 11 is 0. The minimum absolute atomic E-state index is 0. The lowest BCUT2D eigenvalue weighted by atomic mass is 10.1. The molecule has 5 nitrogen and oxygen atoms in total. The van der Waals surface area contributed by atoms with Crippen molar-refractivity contribution in [2.24, 2.45) is 4.99 Å². The minimum Gasteiger partial charge on any atom is -0.383 e. The first-order valence-electron chi connectivity index (χ1n) is 9.01. The molecule has 148 valence electrons. The third-order valence-electron chi connectivity index (χ3n) is 4.04. The second kappa shape index (κ2) is 13.5. The van der Waals surface area contributed by atoms with Crippen LogP contribution < -0.4 is 10.6 Å². The fourth-order valence-corrected chi connectivity index (χ4v) is 2.39. The Hall–Kier alpha value is -1.64. The summed E-state index contributed by atoms with van der Waals surface area (Å²) in [6.07, 6.45) is 0. The molecule has 2 aromatic carbocycles. The van der Waals surface area contributed by atoms with Crippen molar-refractivity contribution in [3.05, 3.63) is 65.7 Å². The van der Waals surface area contributed by atoms with Crippen LogP contribution in [0, 0.1) is 6.92 Å². The zero-order valence-electron chi connectivity index (χ0n) is 16.4. The van der Waals surface area contributed by atoms with E-state index in [2.05, 4.69) is 53.8 Å². The van der Waals surface area contributed by atoms with Crippen molar-refractivity contribution in [3.8, 4) is 0 Å². The summed E-state index contributed by atoms with van der Waals surface area (Å²) in [6, 6.07) is 18.6. The second-order valence-corrected chi connectivity index (χ2v) is 6.36. The van der Waals surface area contributed by atoms with Crippen LogP contribution in [0.4, 0.5) is 5.69 Å². The van der Waals surface area contributed by atoms with Gasteiger partial charge in [0.25, 0.3) is 0 Å². The lowest BCUT2D eigenvalue weighted by Gasteiger charge is -2.18. The molecular weight excluding hydrogens is 451 g/mol. The number of nitrogens with one attached hydrogen (secondary N) is 2. The van der Waals surface area contributed by atoms with Gasteiger partial charge in [0, 0.05) is 32.4 Å². The summed E-state index contributed by atoms with van der Waals surface area (Å²) in [6.45, 7) is 6.13. The van der Waals surface area contributed by atoms with Gasteiger partial charge in [0.15, 0.2) is 5.96 Å². The Kier molecular flexibility index (Phi) is 11.7. The average molecular weight is 482 g/mol. The quantitative estimate of drug-likeness (QED) is 0.325. The number of nitrogens with zero attached hydrogens (tertiary/aromatic N) is 2. The number of ether oxygens (including phenoxy) is 1. The largest absolute Gasteiger partial charge is 0.383 e. The molecule has 0 aromatic heterocycles. The SMILES string of the molecule is COCCN(C)CCNC(=NCc1ccc(C)cc1)Nc1ccccc1.I. The molecule has 0 fully saturated rings. The molecule has 0 saturated heterocycles. The molecule has 0 amide bonds. The van der Waals surface area contributed by atoms with Crippen molar-refractivity contribution in [2.75, 3.05) is 45.7 Å². The van der Waals surface area contributed by atoms with Gasteiger partial charge in [-0.1, -0.05) is 48.0 Å². The highest BCUT2D eigenvalue weighted by molar-refractivity contribution is 14.0.